The molecule has 2 heterocycles. The molecule has 1 aliphatic heterocycles. The number of rotatable bonds is 4. The highest BCUT2D eigenvalue weighted by molar-refractivity contribution is 7.11. The van der Waals surface area contributed by atoms with Gasteiger partial charge in [-0.05, 0) is 31.6 Å². The van der Waals surface area contributed by atoms with Gasteiger partial charge in [0.05, 0.1) is 12.6 Å². The van der Waals surface area contributed by atoms with E-state index in [1.54, 1.807) is 11.3 Å². The summed E-state index contributed by atoms with van der Waals surface area (Å²) in [4.78, 5) is 17.9. The molecule has 1 saturated heterocycles. The number of hydrogen-bond donors (Lipinski definition) is 2. The van der Waals surface area contributed by atoms with Crippen LogP contribution in [0.1, 0.15) is 48.9 Å². The normalized spacial score (nSPS) is 29.1. The topological polar surface area (TPSA) is 54.0 Å². The van der Waals surface area contributed by atoms with Crippen LogP contribution in [0.5, 0.6) is 0 Å². The molecule has 1 aromatic rings. The van der Waals surface area contributed by atoms with Crippen LogP contribution in [0.2, 0.25) is 0 Å². The number of carbonyl (C=O) groups is 1. The summed E-state index contributed by atoms with van der Waals surface area (Å²) in [5, 5.41) is 7.56. The van der Waals surface area contributed by atoms with Crippen molar-refractivity contribution in [1.29, 1.82) is 0 Å². The van der Waals surface area contributed by atoms with Crippen molar-refractivity contribution in [2.45, 2.75) is 64.1 Å². The van der Waals surface area contributed by atoms with Crippen LogP contribution in [0.4, 0.5) is 0 Å². The van der Waals surface area contributed by atoms with Crippen LogP contribution < -0.4 is 10.6 Å². The summed E-state index contributed by atoms with van der Waals surface area (Å²) in [6.45, 7) is 2.69. The number of aryl methyl sites for hydroxylation is 1. The van der Waals surface area contributed by atoms with Gasteiger partial charge in [-0.15, -0.1) is 11.3 Å². The van der Waals surface area contributed by atoms with Gasteiger partial charge < -0.3 is 10.6 Å². The standard InChI is InChI=1S/C15H23N3OS/c1-2-11-8-16-14(20-11)9-17-15(19)13-7-10-5-3-4-6-12(10)18-13/h8,10,12-13,18H,2-7,9H2,1H3,(H,17,19). The van der Waals surface area contributed by atoms with Crippen LogP contribution in [0.25, 0.3) is 0 Å². The second-order valence-electron chi connectivity index (χ2n) is 5.90. The second kappa shape index (κ2) is 6.22. The van der Waals surface area contributed by atoms with Crippen LogP contribution in [-0.4, -0.2) is 23.0 Å². The van der Waals surface area contributed by atoms with Crippen molar-refractivity contribution in [2.24, 2.45) is 5.92 Å². The quantitative estimate of drug-likeness (QED) is 0.895. The lowest BCUT2D eigenvalue weighted by atomic mass is 9.85. The zero-order valence-corrected chi connectivity index (χ0v) is 12.8. The molecule has 1 amide bonds. The molecule has 1 aliphatic carbocycles. The molecule has 0 bridgehead atoms. The Morgan fingerprint density at radius 2 is 2.35 bits per heavy atom. The molecule has 110 valence electrons. The van der Waals surface area contributed by atoms with Crippen molar-refractivity contribution in [3.63, 3.8) is 0 Å². The highest BCUT2D eigenvalue weighted by Crippen LogP contribution is 2.33. The van der Waals surface area contributed by atoms with E-state index in [9.17, 15) is 4.79 Å². The summed E-state index contributed by atoms with van der Waals surface area (Å²) in [7, 11) is 0. The van der Waals surface area contributed by atoms with Crippen LogP contribution in [0.15, 0.2) is 6.20 Å². The van der Waals surface area contributed by atoms with Gasteiger partial charge in [-0.2, -0.15) is 0 Å². The van der Waals surface area contributed by atoms with Gasteiger partial charge >= 0.3 is 0 Å². The first kappa shape index (κ1) is 14.0. The van der Waals surface area contributed by atoms with Gasteiger partial charge in [0, 0.05) is 17.1 Å². The van der Waals surface area contributed by atoms with E-state index >= 15 is 0 Å². The van der Waals surface area contributed by atoms with Crippen molar-refractivity contribution in [1.82, 2.24) is 15.6 Å². The third-order valence-corrected chi connectivity index (χ3v) is 5.68. The van der Waals surface area contributed by atoms with Crippen LogP contribution >= 0.6 is 11.3 Å². The molecule has 2 fully saturated rings. The largest absolute Gasteiger partial charge is 0.348 e. The summed E-state index contributed by atoms with van der Waals surface area (Å²) in [6, 6.07) is 0.583. The first-order valence-electron chi connectivity index (χ1n) is 7.73. The molecule has 5 heteroatoms. The molecule has 20 heavy (non-hydrogen) atoms. The Balaban J connectivity index is 1.49. The lowest BCUT2D eigenvalue weighted by molar-refractivity contribution is -0.123. The van der Waals surface area contributed by atoms with Gasteiger partial charge in [-0.3, -0.25) is 4.79 Å². The second-order valence-corrected chi connectivity index (χ2v) is 7.10. The lowest BCUT2D eigenvalue weighted by Crippen LogP contribution is -2.42. The number of nitrogens with zero attached hydrogens (tertiary/aromatic N) is 1. The molecular formula is C15H23N3OS. The van der Waals surface area contributed by atoms with E-state index in [1.807, 2.05) is 6.20 Å². The van der Waals surface area contributed by atoms with Gasteiger partial charge in [0.1, 0.15) is 5.01 Å². The Morgan fingerprint density at radius 1 is 1.50 bits per heavy atom. The average molecular weight is 293 g/mol. The molecule has 2 aliphatic rings. The summed E-state index contributed by atoms with van der Waals surface area (Å²) in [6.07, 6.45) is 9.09. The molecule has 3 atom stereocenters. The Hall–Kier alpha value is -0.940. The minimum atomic E-state index is 0.00806. The zero-order chi connectivity index (χ0) is 13.9. The molecule has 3 rings (SSSR count). The van der Waals surface area contributed by atoms with E-state index in [0.717, 1.165) is 17.8 Å². The summed E-state index contributed by atoms with van der Waals surface area (Å²) >= 11 is 1.69. The van der Waals surface area contributed by atoms with E-state index in [2.05, 4.69) is 22.5 Å². The van der Waals surface area contributed by atoms with Crippen molar-refractivity contribution in [3.05, 3.63) is 16.1 Å². The zero-order valence-electron chi connectivity index (χ0n) is 12.0. The van der Waals surface area contributed by atoms with Crippen molar-refractivity contribution in [3.8, 4) is 0 Å². The van der Waals surface area contributed by atoms with Gasteiger partial charge in [0.15, 0.2) is 0 Å². The van der Waals surface area contributed by atoms with E-state index in [-0.39, 0.29) is 11.9 Å². The predicted molar refractivity (Wildman–Crippen MR) is 80.6 cm³/mol. The summed E-state index contributed by atoms with van der Waals surface area (Å²) in [5.74, 6) is 0.860. The fourth-order valence-electron chi connectivity index (χ4n) is 3.40. The Kier molecular flexibility index (Phi) is 4.36. The number of fused-ring (bicyclic) bond motifs is 1. The Bertz CT molecular complexity index is 459. The number of nitrogens with one attached hydrogen (secondary N) is 2. The number of carbonyl (C=O) groups excluding carboxylic acids is 1. The lowest BCUT2D eigenvalue weighted by Gasteiger charge is -2.24. The maximum atomic E-state index is 12.2. The monoisotopic (exact) mass is 293 g/mol. The van der Waals surface area contributed by atoms with E-state index in [0.29, 0.717) is 18.5 Å². The molecular weight excluding hydrogens is 270 g/mol. The number of thiazole rings is 1. The van der Waals surface area contributed by atoms with Crippen molar-refractivity contribution in [2.75, 3.05) is 0 Å². The molecule has 1 aromatic heterocycles. The fraction of sp³-hybridized carbons (Fsp3) is 0.733. The molecule has 0 aromatic carbocycles. The highest BCUT2D eigenvalue weighted by atomic mass is 32.1. The highest BCUT2D eigenvalue weighted by Gasteiger charge is 2.37. The van der Waals surface area contributed by atoms with Gasteiger partial charge in [-0.1, -0.05) is 19.8 Å². The third kappa shape index (κ3) is 3.04. The van der Waals surface area contributed by atoms with Gasteiger partial charge in [0.2, 0.25) is 5.91 Å². The van der Waals surface area contributed by atoms with Crippen LogP contribution in [0, 0.1) is 5.92 Å². The maximum Gasteiger partial charge on any atom is 0.237 e. The SMILES string of the molecule is CCc1cnc(CNC(=O)C2CC3CCCCC3N2)s1. The molecule has 3 unspecified atom stereocenters. The Labute approximate surface area is 124 Å². The maximum absolute atomic E-state index is 12.2. The Morgan fingerprint density at radius 3 is 3.10 bits per heavy atom. The van der Waals surface area contributed by atoms with E-state index in [1.165, 1.54) is 30.6 Å². The van der Waals surface area contributed by atoms with E-state index in [4.69, 9.17) is 0 Å². The van der Waals surface area contributed by atoms with Crippen LogP contribution in [-0.2, 0) is 17.8 Å². The molecule has 2 N–H and O–H groups in total. The first-order chi connectivity index (χ1) is 9.76. The molecule has 1 saturated carbocycles. The predicted octanol–water partition coefficient (Wildman–Crippen LogP) is 2.24. The first-order valence-corrected chi connectivity index (χ1v) is 8.55. The van der Waals surface area contributed by atoms with Crippen molar-refractivity contribution >= 4 is 17.2 Å². The molecule has 4 nitrogen and oxygen atoms in total. The average Bonchev–Trinajstić information content (AvgIpc) is 3.10. The minimum Gasteiger partial charge on any atom is -0.348 e. The third-order valence-electron chi connectivity index (χ3n) is 4.54. The fourth-order valence-corrected chi connectivity index (χ4v) is 4.20. The number of amides is 1. The number of hydrogen-bond acceptors (Lipinski definition) is 4. The molecule has 0 spiro atoms. The van der Waals surface area contributed by atoms with Gasteiger partial charge in [-0.25, -0.2) is 4.98 Å². The smallest absolute Gasteiger partial charge is 0.237 e. The molecule has 0 radical (unpaired) electrons. The van der Waals surface area contributed by atoms with Gasteiger partial charge in [0.25, 0.3) is 0 Å². The minimum absolute atomic E-state index is 0.00806. The van der Waals surface area contributed by atoms with E-state index < -0.39 is 0 Å². The summed E-state index contributed by atoms with van der Waals surface area (Å²) in [5.41, 5.74) is 0. The van der Waals surface area contributed by atoms with Crippen molar-refractivity contribution < 1.29 is 4.79 Å². The van der Waals surface area contributed by atoms with Crippen LogP contribution in [0.3, 0.4) is 0 Å². The number of aromatic nitrogens is 1. The summed E-state index contributed by atoms with van der Waals surface area (Å²) < 4.78 is 0.